The van der Waals surface area contributed by atoms with Crippen molar-refractivity contribution in [3.8, 4) is 17.0 Å². The lowest BCUT2D eigenvalue weighted by Gasteiger charge is -2.26. The number of rotatable bonds is 7. The molecule has 1 aromatic carbocycles. The summed E-state index contributed by atoms with van der Waals surface area (Å²) in [7, 11) is 1.73. The van der Waals surface area contributed by atoms with Gasteiger partial charge in [-0.2, -0.15) is 18.3 Å². The van der Waals surface area contributed by atoms with Crippen molar-refractivity contribution >= 4 is 23.2 Å². The summed E-state index contributed by atoms with van der Waals surface area (Å²) >= 11 is 6.36. The number of hydrogen-bond donors (Lipinski definition) is 1. The first-order valence-electron chi connectivity index (χ1n) is 10.8. The first-order chi connectivity index (χ1) is 16.7. The molecule has 186 valence electrons. The summed E-state index contributed by atoms with van der Waals surface area (Å²) in [6.07, 6.45) is -2.18. The van der Waals surface area contributed by atoms with E-state index < -0.39 is 17.8 Å². The number of nitrogens with zero attached hydrogens (tertiary/aromatic N) is 4. The lowest BCUT2D eigenvalue weighted by Crippen LogP contribution is -2.38. The van der Waals surface area contributed by atoms with Gasteiger partial charge in [-0.3, -0.25) is 19.4 Å². The fraction of sp³-hybridized carbons (Fsp3) is 0.348. The number of hydrogen-bond acceptors (Lipinski definition) is 6. The maximum Gasteiger partial charge on any atom is 0.433 e. The molecule has 2 aromatic heterocycles. The molecular formula is C23H23ClF3N5O3. The van der Waals surface area contributed by atoms with Crippen LogP contribution in [0.3, 0.4) is 0 Å². The van der Waals surface area contributed by atoms with Crippen LogP contribution in [0, 0.1) is 0 Å². The predicted octanol–water partition coefficient (Wildman–Crippen LogP) is 4.12. The summed E-state index contributed by atoms with van der Waals surface area (Å²) < 4.78 is 51.2. The zero-order chi connectivity index (χ0) is 25.0. The molecule has 4 rings (SSSR count). The largest absolute Gasteiger partial charge is 0.492 e. The van der Waals surface area contributed by atoms with Gasteiger partial charge in [0.15, 0.2) is 0 Å². The number of benzene rings is 1. The number of aromatic nitrogens is 3. The Bertz CT molecular complexity index is 1160. The molecular weight excluding hydrogens is 487 g/mol. The number of halogens is 4. The highest BCUT2D eigenvalue weighted by molar-refractivity contribution is 6.33. The van der Waals surface area contributed by atoms with Crippen molar-refractivity contribution in [1.29, 1.82) is 0 Å². The van der Waals surface area contributed by atoms with Gasteiger partial charge in [0, 0.05) is 44.1 Å². The number of anilines is 1. The van der Waals surface area contributed by atoms with Gasteiger partial charge in [0.2, 0.25) is 0 Å². The number of carbonyl (C=O) groups excluding carboxylic acids is 1. The molecule has 0 saturated carbocycles. The minimum absolute atomic E-state index is 0.0102. The molecule has 1 aliphatic heterocycles. The molecule has 35 heavy (non-hydrogen) atoms. The van der Waals surface area contributed by atoms with Crippen LogP contribution in [0.15, 0.2) is 42.7 Å². The summed E-state index contributed by atoms with van der Waals surface area (Å²) in [6, 6.07) is 6.88. The van der Waals surface area contributed by atoms with Gasteiger partial charge in [0.1, 0.15) is 18.1 Å². The normalized spacial score (nSPS) is 14.7. The number of aryl methyl sites for hydroxylation is 1. The Morgan fingerprint density at radius 1 is 1.20 bits per heavy atom. The van der Waals surface area contributed by atoms with E-state index in [0.29, 0.717) is 47.5 Å². The highest BCUT2D eigenvalue weighted by Crippen LogP contribution is 2.36. The van der Waals surface area contributed by atoms with Gasteiger partial charge >= 0.3 is 6.18 Å². The smallest absolute Gasteiger partial charge is 0.433 e. The number of amides is 1. The molecule has 0 radical (unpaired) electrons. The van der Waals surface area contributed by atoms with E-state index in [4.69, 9.17) is 21.1 Å². The quantitative estimate of drug-likeness (QED) is 0.516. The van der Waals surface area contributed by atoms with Gasteiger partial charge in [-0.15, -0.1) is 0 Å². The second-order valence-electron chi connectivity index (χ2n) is 7.86. The van der Waals surface area contributed by atoms with Crippen LogP contribution in [0.25, 0.3) is 11.3 Å². The highest BCUT2D eigenvalue weighted by Gasteiger charge is 2.32. The average Bonchev–Trinajstić information content (AvgIpc) is 3.17. The summed E-state index contributed by atoms with van der Waals surface area (Å²) in [5.41, 5.74) is 0.535. The average molecular weight is 510 g/mol. The molecule has 1 fully saturated rings. The van der Waals surface area contributed by atoms with Gasteiger partial charge in [-0.25, -0.2) is 0 Å². The first kappa shape index (κ1) is 25.0. The summed E-state index contributed by atoms with van der Waals surface area (Å²) in [5.74, 6) is -0.0489. The maximum absolute atomic E-state index is 12.7. The van der Waals surface area contributed by atoms with Crippen molar-refractivity contribution in [3.63, 3.8) is 0 Å². The minimum Gasteiger partial charge on any atom is -0.492 e. The lowest BCUT2D eigenvalue weighted by atomic mass is 10.1. The van der Waals surface area contributed by atoms with Gasteiger partial charge in [0.05, 0.1) is 35.7 Å². The monoisotopic (exact) mass is 509 g/mol. The number of pyridine rings is 1. The molecule has 1 aliphatic rings. The van der Waals surface area contributed by atoms with Gasteiger partial charge in [0.25, 0.3) is 5.91 Å². The van der Waals surface area contributed by atoms with Crippen LogP contribution < -0.4 is 10.1 Å². The van der Waals surface area contributed by atoms with Crippen molar-refractivity contribution in [1.82, 2.24) is 19.7 Å². The van der Waals surface area contributed by atoms with E-state index in [2.05, 4.69) is 20.3 Å². The molecule has 8 nitrogen and oxygen atoms in total. The number of nitrogens with one attached hydrogen (secondary N) is 1. The number of morpholine rings is 1. The molecule has 0 bridgehead atoms. The van der Waals surface area contributed by atoms with E-state index in [1.165, 1.54) is 6.20 Å². The topological polar surface area (TPSA) is 81.5 Å². The second-order valence-corrected chi connectivity index (χ2v) is 8.27. The van der Waals surface area contributed by atoms with E-state index in [1.807, 2.05) is 0 Å². The molecule has 12 heteroatoms. The first-order valence-corrected chi connectivity index (χ1v) is 11.2. The molecule has 0 aliphatic carbocycles. The predicted molar refractivity (Wildman–Crippen MR) is 124 cm³/mol. The number of carbonyl (C=O) groups is 1. The molecule has 0 atom stereocenters. The highest BCUT2D eigenvalue weighted by atomic mass is 35.5. The van der Waals surface area contributed by atoms with Crippen LogP contribution in [-0.2, 0) is 18.0 Å². The zero-order valence-corrected chi connectivity index (χ0v) is 19.6. The summed E-state index contributed by atoms with van der Waals surface area (Å²) in [5, 5.41) is 7.26. The van der Waals surface area contributed by atoms with E-state index in [9.17, 15) is 18.0 Å². The Kier molecular flexibility index (Phi) is 7.58. The van der Waals surface area contributed by atoms with Crippen LogP contribution in [0.1, 0.15) is 16.1 Å². The van der Waals surface area contributed by atoms with Crippen LogP contribution in [0.2, 0.25) is 5.02 Å². The van der Waals surface area contributed by atoms with E-state index in [0.717, 1.165) is 38.0 Å². The van der Waals surface area contributed by atoms with Crippen molar-refractivity contribution in [2.45, 2.75) is 6.18 Å². The van der Waals surface area contributed by atoms with Crippen molar-refractivity contribution in [2.75, 3.05) is 44.8 Å². The van der Waals surface area contributed by atoms with Crippen LogP contribution in [-0.4, -0.2) is 65.0 Å². The molecule has 3 aromatic rings. The summed E-state index contributed by atoms with van der Waals surface area (Å²) in [6.45, 7) is 4.23. The molecule has 3 heterocycles. The standard InChI is InChI=1S/C23H23ClF3N5O3/c1-31-21(18(24)14-29-31)17-12-16(3-4-19(17)35-11-8-32-6-9-34-10-7-32)30-22(33)15-2-5-20(28-13-15)23(25,26)27/h2-5,12-14H,6-11H2,1H3,(H,30,33). The Morgan fingerprint density at radius 3 is 2.60 bits per heavy atom. The zero-order valence-electron chi connectivity index (χ0n) is 18.8. The van der Waals surface area contributed by atoms with Gasteiger partial charge in [-0.1, -0.05) is 11.6 Å². The third kappa shape index (κ3) is 6.11. The van der Waals surface area contributed by atoms with E-state index >= 15 is 0 Å². The lowest BCUT2D eigenvalue weighted by molar-refractivity contribution is -0.141. The van der Waals surface area contributed by atoms with Crippen LogP contribution >= 0.6 is 11.6 Å². The van der Waals surface area contributed by atoms with E-state index in [-0.39, 0.29) is 5.56 Å². The Labute approximate surface area is 204 Å². The molecule has 1 saturated heterocycles. The number of alkyl halides is 3. The third-order valence-corrected chi connectivity index (χ3v) is 5.75. The third-order valence-electron chi connectivity index (χ3n) is 5.47. The fourth-order valence-corrected chi connectivity index (χ4v) is 3.91. The molecule has 0 spiro atoms. The maximum atomic E-state index is 12.7. The second kappa shape index (κ2) is 10.6. The van der Waals surface area contributed by atoms with Crippen LogP contribution in [0.5, 0.6) is 5.75 Å². The van der Waals surface area contributed by atoms with Gasteiger partial charge < -0.3 is 14.8 Å². The molecule has 1 amide bonds. The fourth-order valence-electron chi connectivity index (χ4n) is 3.64. The van der Waals surface area contributed by atoms with Crippen LogP contribution in [0.4, 0.5) is 18.9 Å². The minimum atomic E-state index is -4.58. The van der Waals surface area contributed by atoms with E-state index in [1.54, 1.807) is 29.9 Å². The Hall–Kier alpha value is -3.15. The van der Waals surface area contributed by atoms with Gasteiger partial charge in [-0.05, 0) is 30.3 Å². The molecule has 0 unspecified atom stereocenters. The Morgan fingerprint density at radius 2 is 1.97 bits per heavy atom. The summed E-state index contributed by atoms with van der Waals surface area (Å²) in [4.78, 5) is 18.2. The Balaban J connectivity index is 1.53. The van der Waals surface area contributed by atoms with Crippen molar-refractivity contribution in [2.24, 2.45) is 7.05 Å². The number of ether oxygens (including phenoxy) is 2. The van der Waals surface area contributed by atoms with Crippen molar-refractivity contribution in [3.05, 3.63) is 59.0 Å². The SMILES string of the molecule is Cn1ncc(Cl)c1-c1cc(NC(=O)c2ccc(C(F)(F)F)nc2)ccc1OCCN1CCOCC1. The molecule has 1 N–H and O–H groups in total. The van der Waals surface area contributed by atoms with Crippen molar-refractivity contribution < 1.29 is 27.4 Å².